The summed E-state index contributed by atoms with van der Waals surface area (Å²) in [5.74, 6) is 0.384. The van der Waals surface area contributed by atoms with Crippen LogP contribution in [0.3, 0.4) is 0 Å². The van der Waals surface area contributed by atoms with Crippen molar-refractivity contribution in [2.45, 2.75) is 4.90 Å². The van der Waals surface area contributed by atoms with Gasteiger partial charge in [-0.15, -0.1) is 0 Å². The van der Waals surface area contributed by atoms with E-state index in [-0.39, 0.29) is 10.8 Å². The first-order valence-corrected chi connectivity index (χ1v) is 13.8. The monoisotopic (exact) mass is 537 g/mol. The number of anilines is 1. The molecule has 1 aliphatic heterocycles. The average Bonchev–Trinajstić information content (AvgIpc) is 3.28. The van der Waals surface area contributed by atoms with Crippen LogP contribution in [0.4, 0.5) is 5.13 Å². The molecule has 0 saturated carbocycles. The zero-order valence-electron chi connectivity index (χ0n) is 19.8. The molecule has 0 atom stereocenters. The number of nitrogens with one attached hydrogen (secondary N) is 1. The van der Waals surface area contributed by atoms with Crippen LogP contribution in [0.25, 0.3) is 10.2 Å². The van der Waals surface area contributed by atoms with Crippen molar-refractivity contribution >= 4 is 54.2 Å². The Morgan fingerprint density at radius 1 is 1.14 bits per heavy atom. The van der Waals surface area contributed by atoms with Crippen LogP contribution in [0, 0.1) is 0 Å². The molecule has 2 aromatic carbocycles. The maximum atomic E-state index is 12.5. The van der Waals surface area contributed by atoms with E-state index in [4.69, 9.17) is 21.3 Å². The second-order valence-electron chi connectivity index (χ2n) is 8.32. The lowest BCUT2D eigenvalue weighted by Crippen LogP contribution is -2.48. The minimum Gasteiger partial charge on any atom is -0.493 e. The third-order valence-electron chi connectivity index (χ3n) is 5.91. The van der Waals surface area contributed by atoms with Gasteiger partial charge in [-0.1, -0.05) is 22.9 Å². The Kier molecular flexibility index (Phi) is 7.82. The molecule has 35 heavy (non-hydrogen) atoms. The van der Waals surface area contributed by atoms with Crippen LogP contribution in [0.2, 0.25) is 5.02 Å². The zero-order chi connectivity index (χ0) is 25.2. The SMILES string of the molecule is COc1c(Cl)ccc2sc(N3CCN(CCNC(=O)c4ccc(S(=O)(=O)N(C)C)cc4)CC3)nc12. The zero-order valence-corrected chi connectivity index (χ0v) is 22.2. The highest BCUT2D eigenvalue weighted by Crippen LogP contribution is 2.38. The largest absolute Gasteiger partial charge is 0.493 e. The number of halogens is 1. The van der Waals surface area contributed by atoms with Gasteiger partial charge in [-0.05, 0) is 36.4 Å². The Morgan fingerprint density at radius 3 is 2.46 bits per heavy atom. The maximum absolute atomic E-state index is 12.5. The number of ether oxygens (including phenoxy) is 1. The highest BCUT2D eigenvalue weighted by atomic mass is 35.5. The van der Waals surface area contributed by atoms with Crippen molar-refractivity contribution < 1.29 is 17.9 Å². The molecule has 9 nitrogen and oxygen atoms in total. The number of hydrogen-bond donors (Lipinski definition) is 1. The third kappa shape index (κ3) is 5.54. The second-order valence-corrected chi connectivity index (χ2v) is 11.9. The number of carbonyl (C=O) groups is 1. The molecule has 12 heteroatoms. The fraction of sp³-hybridized carbons (Fsp3) is 0.391. The number of piperazine rings is 1. The molecular formula is C23H28ClN5O4S2. The standard InChI is InChI=1S/C23H28ClN5O4S2/c1-27(2)35(31,32)17-6-4-16(5-7-17)22(30)25-10-11-28-12-14-29(15-13-28)23-26-20-19(34-23)9-8-18(24)21(20)33-3/h4-9H,10-15H2,1-3H3,(H,25,30). The summed E-state index contributed by atoms with van der Waals surface area (Å²) in [5, 5.41) is 4.42. The number of fused-ring (bicyclic) bond motifs is 1. The highest BCUT2D eigenvalue weighted by Gasteiger charge is 2.22. The van der Waals surface area contributed by atoms with E-state index in [2.05, 4.69) is 15.1 Å². The summed E-state index contributed by atoms with van der Waals surface area (Å²) in [6.07, 6.45) is 0. The number of benzene rings is 2. The van der Waals surface area contributed by atoms with E-state index in [1.54, 1.807) is 18.4 Å². The van der Waals surface area contributed by atoms with Gasteiger partial charge in [0.15, 0.2) is 10.9 Å². The number of hydrogen-bond acceptors (Lipinski definition) is 8. The molecule has 0 bridgehead atoms. The number of amides is 1. The van der Waals surface area contributed by atoms with Crippen LogP contribution >= 0.6 is 22.9 Å². The molecule has 1 fully saturated rings. The van der Waals surface area contributed by atoms with Crippen molar-refractivity contribution in [3.63, 3.8) is 0 Å². The van der Waals surface area contributed by atoms with E-state index in [1.165, 1.54) is 38.4 Å². The Balaban J connectivity index is 1.26. The van der Waals surface area contributed by atoms with E-state index in [0.29, 0.717) is 22.9 Å². The summed E-state index contributed by atoms with van der Waals surface area (Å²) in [6, 6.07) is 9.77. The van der Waals surface area contributed by atoms with Crippen molar-refractivity contribution in [2.24, 2.45) is 0 Å². The van der Waals surface area contributed by atoms with E-state index in [9.17, 15) is 13.2 Å². The summed E-state index contributed by atoms with van der Waals surface area (Å²) >= 11 is 7.85. The Labute approximate surface area is 214 Å². The van der Waals surface area contributed by atoms with E-state index in [0.717, 1.165) is 52.4 Å². The Bertz CT molecular complexity index is 1300. The lowest BCUT2D eigenvalue weighted by Gasteiger charge is -2.34. The number of carbonyl (C=O) groups excluding carboxylic acids is 1. The number of aromatic nitrogens is 1. The number of thiazole rings is 1. The molecule has 188 valence electrons. The van der Waals surface area contributed by atoms with Gasteiger partial charge in [0, 0.05) is 58.9 Å². The van der Waals surface area contributed by atoms with Gasteiger partial charge in [0.25, 0.3) is 5.91 Å². The van der Waals surface area contributed by atoms with Gasteiger partial charge >= 0.3 is 0 Å². The number of rotatable bonds is 8. The second kappa shape index (κ2) is 10.7. The highest BCUT2D eigenvalue weighted by molar-refractivity contribution is 7.89. The van der Waals surface area contributed by atoms with Gasteiger partial charge in [0.1, 0.15) is 5.52 Å². The van der Waals surface area contributed by atoms with Gasteiger partial charge in [-0.3, -0.25) is 9.69 Å². The maximum Gasteiger partial charge on any atom is 0.251 e. The average molecular weight is 538 g/mol. The van der Waals surface area contributed by atoms with Crippen molar-refractivity contribution in [1.29, 1.82) is 0 Å². The molecule has 1 N–H and O–H groups in total. The molecule has 0 unspecified atom stereocenters. The van der Waals surface area contributed by atoms with Crippen LogP contribution < -0.4 is 15.0 Å². The topological polar surface area (TPSA) is 95.1 Å². The van der Waals surface area contributed by atoms with E-state index in [1.807, 2.05) is 12.1 Å². The van der Waals surface area contributed by atoms with Crippen molar-refractivity contribution in [1.82, 2.24) is 19.5 Å². The predicted octanol–water partition coefficient (Wildman–Crippen LogP) is 2.76. The molecule has 1 aromatic heterocycles. The molecule has 0 spiro atoms. The predicted molar refractivity (Wildman–Crippen MR) is 139 cm³/mol. The summed E-state index contributed by atoms with van der Waals surface area (Å²) in [5.41, 5.74) is 1.22. The normalized spacial score (nSPS) is 15.1. The molecule has 0 aliphatic carbocycles. The summed E-state index contributed by atoms with van der Waals surface area (Å²) in [4.78, 5) is 21.9. The molecule has 1 saturated heterocycles. The molecule has 4 rings (SSSR count). The fourth-order valence-electron chi connectivity index (χ4n) is 3.84. The van der Waals surface area contributed by atoms with Crippen molar-refractivity contribution in [3.05, 3.63) is 47.0 Å². The van der Waals surface area contributed by atoms with Crippen LogP contribution in [0.15, 0.2) is 41.3 Å². The Hall–Kier alpha value is -2.44. The summed E-state index contributed by atoms with van der Waals surface area (Å²) in [6.45, 7) is 4.64. The van der Waals surface area contributed by atoms with E-state index >= 15 is 0 Å². The van der Waals surface area contributed by atoms with Crippen molar-refractivity contribution in [3.8, 4) is 5.75 Å². The fourth-order valence-corrected chi connectivity index (χ4v) is 5.99. The van der Waals surface area contributed by atoms with Crippen LogP contribution in [-0.2, 0) is 10.0 Å². The number of methoxy groups -OCH3 is 1. The van der Waals surface area contributed by atoms with Gasteiger partial charge < -0.3 is 15.0 Å². The van der Waals surface area contributed by atoms with Gasteiger partial charge in [0.2, 0.25) is 10.0 Å². The minimum absolute atomic E-state index is 0.159. The quantitative estimate of drug-likeness (QED) is 0.472. The van der Waals surface area contributed by atoms with E-state index < -0.39 is 10.0 Å². The van der Waals surface area contributed by atoms with Crippen LogP contribution in [0.1, 0.15) is 10.4 Å². The summed E-state index contributed by atoms with van der Waals surface area (Å²) < 4.78 is 31.9. The molecular weight excluding hydrogens is 510 g/mol. The molecule has 1 amide bonds. The molecule has 0 radical (unpaired) electrons. The smallest absolute Gasteiger partial charge is 0.251 e. The summed E-state index contributed by atoms with van der Waals surface area (Å²) in [7, 11) is 1.03. The lowest BCUT2D eigenvalue weighted by molar-refractivity contribution is 0.0947. The van der Waals surface area contributed by atoms with Crippen LogP contribution in [0.5, 0.6) is 5.75 Å². The number of nitrogens with zero attached hydrogens (tertiary/aromatic N) is 4. The molecule has 3 aromatic rings. The first-order chi connectivity index (χ1) is 16.7. The van der Waals surface area contributed by atoms with Gasteiger partial charge in [-0.2, -0.15) is 0 Å². The third-order valence-corrected chi connectivity index (χ3v) is 9.12. The first kappa shape index (κ1) is 25.6. The molecule has 1 aliphatic rings. The van der Waals surface area contributed by atoms with Crippen molar-refractivity contribution in [2.75, 3.05) is 65.4 Å². The minimum atomic E-state index is -3.51. The molecule has 2 heterocycles. The van der Waals surface area contributed by atoms with Gasteiger partial charge in [0.05, 0.1) is 21.7 Å². The Morgan fingerprint density at radius 2 is 1.83 bits per heavy atom. The van der Waals surface area contributed by atoms with Crippen LogP contribution in [-0.4, -0.2) is 89.0 Å². The number of sulfonamides is 1. The lowest BCUT2D eigenvalue weighted by atomic mass is 10.2. The first-order valence-electron chi connectivity index (χ1n) is 11.1. The van der Waals surface area contributed by atoms with Gasteiger partial charge in [-0.25, -0.2) is 17.7 Å².